The van der Waals surface area contributed by atoms with Crippen molar-refractivity contribution in [3.63, 3.8) is 0 Å². The molecule has 0 atom stereocenters. The number of rotatable bonds is 9. The van der Waals surface area contributed by atoms with Crippen LogP contribution < -0.4 is 4.74 Å². The second-order valence-electron chi connectivity index (χ2n) is 5.94. The zero-order valence-electron chi connectivity index (χ0n) is 14.3. The van der Waals surface area contributed by atoms with Gasteiger partial charge in [0.2, 0.25) is 0 Å². The van der Waals surface area contributed by atoms with Gasteiger partial charge in [0, 0.05) is 0 Å². The van der Waals surface area contributed by atoms with Crippen molar-refractivity contribution in [1.29, 1.82) is 0 Å². The molecule has 1 nitrogen and oxygen atoms in total. The van der Waals surface area contributed by atoms with E-state index in [1.165, 1.54) is 37.7 Å². The minimum atomic E-state index is -0.302. The van der Waals surface area contributed by atoms with Crippen LogP contribution in [0.1, 0.15) is 51.5 Å². The summed E-state index contributed by atoms with van der Waals surface area (Å²) in [7, 11) is 0. The van der Waals surface area contributed by atoms with E-state index >= 15 is 0 Å². The van der Waals surface area contributed by atoms with Crippen LogP contribution in [-0.2, 0) is 6.42 Å². The van der Waals surface area contributed by atoms with Gasteiger partial charge in [0.1, 0.15) is 0 Å². The van der Waals surface area contributed by atoms with Gasteiger partial charge in [0.25, 0.3) is 0 Å². The van der Waals surface area contributed by atoms with Gasteiger partial charge < -0.3 is 4.74 Å². The highest BCUT2D eigenvalue weighted by molar-refractivity contribution is 5.64. The summed E-state index contributed by atoms with van der Waals surface area (Å²) < 4.78 is 19.2. The Morgan fingerprint density at radius 2 is 1.52 bits per heavy atom. The Morgan fingerprint density at radius 3 is 2.17 bits per heavy atom. The highest BCUT2D eigenvalue weighted by atomic mass is 19.1. The van der Waals surface area contributed by atoms with Crippen LogP contribution in [-0.4, -0.2) is 6.61 Å². The van der Waals surface area contributed by atoms with Crippen molar-refractivity contribution in [2.75, 3.05) is 6.61 Å². The monoisotopic (exact) mass is 314 g/mol. The van der Waals surface area contributed by atoms with E-state index in [-0.39, 0.29) is 5.82 Å². The minimum absolute atomic E-state index is 0.302. The van der Waals surface area contributed by atoms with Gasteiger partial charge in [-0.25, -0.2) is 4.39 Å². The van der Waals surface area contributed by atoms with E-state index in [9.17, 15) is 4.39 Å². The molecule has 0 heterocycles. The fourth-order valence-corrected chi connectivity index (χ4v) is 2.75. The highest BCUT2D eigenvalue weighted by Gasteiger charge is 2.06. The number of unbranched alkanes of at least 4 members (excludes halogenated alkanes) is 4. The molecule has 0 aliphatic heterocycles. The molecular weight excluding hydrogens is 287 g/mol. The van der Waals surface area contributed by atoms with Gasteiger partial charge in [0.15, 0.2) is 11.6 Å². The Bertz CT molecular complexity index is 589. The highest BCUT2D eigenvalue weighted by Crippen LogP contribution is 2.26. The van der Waals surface area contributed by atoms with Crippen LogP contribution in [0.25, 0.3) is 11.1 Å². The minimum Gasteiger partial charge on any atom is -0.491 e. The smallest absolute Gasteiger partial charge is 0.165 e. The standard InChI is InChI=1S/C21H27FO/c1-3-5-6-7-8-9-17-10-12-18(13-11-17)19-14-15-21(23-4-2)20(22)16-19/h10-16H,3-9H2,1-2H3. The van der Waals surface area contributed by atoms with Gasteiger partial charge in [-0.2, -0.15) is 0 Å². The summed E-state index contributed by atoms with van der Waals surface area (Å²) in [6.07, 6.45) is 7.63. The van der Waals surface area contributed by atoms with Crippen molar-refractivity contribution in [3.05, 3.63) is 53.8 Å². The van der Waals surface area contributed by atoms with E-state index in [4.69, 9.17) is 4.74 Å². The Balaban J connectivity index is 1.95. The predicted molar refractivity (Wildman–Crippen MR) is 95.5 cm³/mol. The molecule has 0 saturated heterocycles. The Morgan fingerprint density at radius 1 is 0.826 bits per heavy atom. The first-order valence-corrected chi connectivity index (χ1v) is 8.76. The molecule has 23 heavy (non-hydrogen) atoms. The van der Waals surface area contributed by atoms with Gasteiger partial charge in [-0.05, 0) is 48.6 Å². The van der Waals surface area contributed by atoms with Crippen molar-refractivity contribution in [2.45, 2.75) is 52.4 Å². The predicted octanol–water partition coefficient (Wildman–Crippen LogP) is 6.40. The Kier molecular flexibility index (Phi) is 7.12. The molecule has 0 unspecified atom stereocenters. The maximum Gasteiger partial charge on any atom is 0.165 e. The first-order valence-electron chi connectivity index (χ1n) is 8.76. The molecule has 0 bridgehead atoms. The SMILES string of the molecule is CCCCCCCc1ccc(-c2ccc(OCC)c(F)c2)cc1. The van der Waals surface area contributed by atoms with E-state index in [1.807, 2.05) is 13.0 Å². The Hall–Kier alpha value is -1.83. The molecule has 2 rings (SSSR count). The lowest BCUT2D eigenvalue weighted by molar-refractivity contribution is 0.321. The van der Waals surface area contributed by atoms with Crippen molar-refractivity contribution in [2.24, 2.45) is 0 Å². The molecule has 0 radical (unpaired) electrons. The summed E-state index contributed by atoms with van der Waals surface area (Å²) >= 11 is 0. The fraction of sp³-hybridized carbons (Fsp3) is 0.429. The van der Waals surface area contributed by atoms with Gasteiger partial charge in [0.05, 0.1) is 6.61 Å². The van der Waals surface area contributed by atoms with Crippen LogP contribution in [0.4, 0.5) is 4.39 Å². The third-order valence-electron chi connectivity index (χ3n) is 4.09. The summed E-state index contributed by atoms with van der Waals surface area (Å²) in [5.74, 6) is 0.0179. The fourth-order valence-electron chi connectivity index (χ4n) is 2.75. The molecular formula is C21H27FO. The molecule has 0 spiro atoms. The van der Waals surface area contributed by atoms with Gasteiger partial charge >= 0.3 is 0 Å². The molecule has 2 aromatic carbocycles. The number of benzene rings is 2. The molecule has 0 aliphatic carbocycles. The Labute approximate surface area is 139 Å². The molecule has 0 aromatic heterocycles. The molecule has 2 heteroatoms. The van der Waals surface area contributed by atoms with Gasteiger partial charge in [-0.1, -0.05) is 62.9 Å². The number of hydrogen-bond acceptors (Lipinski definition) is 1. The third kappa shape index (κ3) is 5.38. The molecule has 0 N–H and O–H groups in total. The zero-order valence-corrected chi connectivity index (χ0v) is 14.3. The van der Waals surface area contributed by atoms with E-state index in [0.29, 0.717) is 12.4 Å². The first-order chi connectivity index (χ1) is 11.2. The average molecular weight is 314 g/mol. The maximum absolute atomic E-state index is 13.9. The average Bonchev–Trinajstić information content (AvgIpc) is 2.57. The number of hydrogen-bond donors (Lipinski definition) is 0. The molecule has 2 aromatic rings. The summed E-state index contributed by atoms with van der Waals surface area (Å²) in [5.41, 5.74) is 3.29. The lowest BCUT2D eigenvalue weighted by atomic mass is 10.0. The van der Waals surface area contributed by atoms with E-state index in [1.54, 1.807) is 12.1 Å². The second kappa shape index (κ2) is 9.34. The van der Waals surface area contributed by atoms with E-state index < -0.39 is 0 Å². The summed E-state index contributed by atoms with van der Waals surface area (Å²) in [6.45, 7) is 4.57. The summed E-state index contributed by atoms with van der Waals surface area (Å²) in [5, 5.41) is 0. The van der Waals surface area contributed by atoms with Crippen LogP contribution in [0.5, 0.6) is 5.75 Å². The lowest BCUT2D eigenvalue weighted by Crippen LogP contribution is -1.94. The molecule has 0 aliphatic rings. The third-order valence-corrected chi connectivity index (χ3v) is 4.09. The molecule has 0 saturated carbocycles. The van der Waals surface area contributed by atoms with Crippen LogP contribution in [0.2, 0.25) is 0 Å². The topological polar surface area (TPSA) is 9.23 Å². The number of ether oxygens (including phenoxy) is 1. The largest absolute Gasteiger partial charge is 0.491 e. The first kappa shape index (κ1) is 17.5. The molecule has 0 amide bonds. The van der Waals surface area contributed by atoms with Crippen molar-refractivity contribution in [1.82, 2.24) is 0 Å². The van der Waals surface area contributed by atoms with Crippen LogP contribution in [0.3, 0.4) is 0 Å². The number of aryl methyl sites for hydroxylation is 1. The maximum atomic E-state index is 13.9. The quantitative estimate of drug-likeness (QED) is 0.486. The lowest BCUT2D eigenvalue weighted by Gasteiger charge is -2.08. The van der Waals surface area contributed by atoms with E-state index in [2.05, 4.69) is 31.2 Å². The van der Waals surface area contributed by atoms with Crippen LogP contribution in [0.15, 0.2) is 42.5 Å². The normalized spacial score (nSPS) is 10.7. The number of halogens is 1. The molecule has 0 fully saturated rings. The van der Waals surface area contributed by atoms with Crippen molar-refractivity contribution in [3.8, 4) is 16.9 Å². The van der Waals surface area contributed by atoms with Gasteiger partial charge in [-0.3, -0.25) is 0 Å². The second-order valence-corrected chi connectivity index (χ2v) is 5.94. The molecule has 124 valence electrons. The van der Waals surface area contributed by atoms with Gasteiger partial charge in [-0.15, -0.1) is 0 Å². The zero-order chi connectivity index (χ0) is 16.5. The summed E-state index contributed by atoms with van der Waals surface area (Å²) in [6, 6.07) is 13.6. The van der Waals surface area contributed by atoms with Crippen LogP contribution in [0, 0.1) is 5.82 Å². The van der Waals surface area contributed by atoms with E-state index in [0.717, 1.165) is 17.5 Å². The van der Waals surface area contributed by atoms with Crippen LogP contribution >= 0.6 is 0 Å². The van der Waals surface area contributed by atoms with Crippen molar-refractivity contribution < 1.29 is 9.13 Å². The van der Waals surface area contributed by atoms with Crippen molar-refractivity contribution >= 4 is 0 Å². The summed E-state index contributed by atoms with van der Waals surface area (Å²) in [4.78, 5) is 0.